The first kappa shape index (κ1) is 18.4. The maximum absolute atomic E-state index is 5.88. The summed E-state index contributed by atoms with van der Waals surface area (Å²) in [7, 11) is 11.4. The van der Waals surface area contributed by atoms with Crippen LogP contribution >= 0.6 is 18.5 Å². The van der Waals surface area contributed by atoms with Crippen molar-refractivity contribution < 1.29 is 0 Å². The molecule has 4 rings (SSSR count). The number of benzene rings is 3. The standard InChI is InChI=1S/C21H22BN3P2/c22-16-1-3-17(4-2-16)23-13-24(18-5-9-20(26)10-6-18)15-25(14-23)19-7-11-21(27)12-8-19/h1-12H,13-15,26-27H2. The molecule has 0 aliphatic carbocycles. The zero-order valence-electron chi connectivity index (χ0n) is 15.1. The lowest BCUT2D eigenvalue weighted by Gasteiger charge is -2.45. The fourth-order valence-corrected chi connectivity index (χ4v) is 3.68. The maximum atomic E-state index is 5.88. The van der Waals surface area contributed by atoms with Crippen molar-refractivity contribution >= 4 is 59.5 Å². The SMILES string of the molecule is [B]c1ccc(N2CN(c3ccc(P)cc3)CN(c3ccc(P)cc3)C2)cc1. The fraction of sp³-hybridized carbons (Fsp3) is 0.143. The van der Waals surface area contributed by atoms with Crippen molar-refractivity contribution in [3.63, 3.8) is 0 Å². The molecule has 1 aliphatic heterocycles. The third-order valence-electron chi connectivity index (χ3n) is 4.80. The van der Waals surface area contributed by atoms with Crippen molar-refractivity contribution in [3.8, 4) is 0 Å². The predicted molar refractivity (Wildman–Crippen MR) is 125 cm³/mol. The minimum absolute atomic E-state index is 0.788. The van der Waals surface area contributed by atoms with E-state index in [9.17, 15) is 0 Å². The Kier molecular flexibility index (Phi) is 5.39. The highest BCUT2D eigenvalue weighted by Gasteiger charge is 2.24. The molecule has 6 heteroatoms. The van der Waals surface area contributed by atoms with Crippen LogP contribution < -0.4 is 30.8 Å². The second-order valence-corrected chi connectivity index (χ2v) is 8.15. The van der Waals surface area contributed by atoms with Gasteiger partial charge in [0, 0.05) is 17.1 Å². The van der Waals surface area contributed by atoms with Crippen LogP contribution in [-0.4, -0.2) is 27.9 Å². The van der Waals surface area contributed by atoms with Gasteiger partial charge < -0.3 is 14.7 Å². The Balaban J connectivity index is 1.66. The van der Waals surface area contributed by atoms with E-state index in [1.54, 1.807) is 0 Å². The van der Waals surface area contributed by atoms with Crippen LogP contribution in [0, 0.1) is 0 Å². The molecular formula is C21H22BN3P2. The normalized spacial score (nSPS) is 14.5. The summed E-state index contributed by atoms with van der Waals surface area (Å²) in [5, 5.41) is 2.39. The summed E-state index contributed by atoms with van der Waals surface area (Å²) in [6.45, 7) is 2.51. The largest absolute Gasteiger partial charge is 0.336 e. The van der Waals surface area contributed by atoms with Crippen LogP contribution in [0.15, 0.2) is 72.8 Å². The van der Waals surface area contributed by atoms with Gasteiger partial charge in [-0.1, -0.05) is 41.9 Å². The third kappa shape index (κ3) is 4.29. The van der Waals surface area contributed by atoms with Crippen molar-refractivity contribution in [1.82, 2.24) is 0 Å². The Labute approximate surface area is 167 Å². The average molecular weight is 389 g/mol. The van der Waals surface area contributed by atoms with Gasteiger partial charge in [-0.3, -0.25) is 0 Å². The van der Waals surface area contributed by atoms with E-state index < -0.39 is 0 Å². The molecule has 27 heavy (non-hydrogen) atoms. The quantitative estimate of drug-likeness (QED) is 0.503. The van der Waals surface area contributed by atoms with Gasteiger partial charge in [0.15, 0.2) is 0 Å². The zero-order valence-corrected chi connectivity index (χ0v) is 17.4. The predicted octanol–water partition coefficient (Wildman–Crippen LogP) is 2.19. The van der Waals surface area contributed by atoms with Gasteiger partial charge in [-0.25, -0.2) is 0 Å². The highest BCUT2D eigenvalue weighted by Crippen LogP contribution is 2.26. The molecule has 0 saturated carbocycles. The Morgan fingerprint density at radius 1 is 0.519 bits per heavy atom. The first-order valence-electron chi connectivity index (χ1n) is 8.90. The number of nitrogens with zero attached hydrogens (tertiary/aromatic N) is 3. The Morgan fingerprint density at radius 2 is 0.815 bits per heavy atom. The van der Waals surface area contributed by atoms with Crippen LogP contribution in [0.3, 0.4) is 0 Å². The van der Waals surface area contributed by atoms with Crippen LogP contribution in [0.5, 0.6) is 0 Å². The van der Waals surface area contributed by atoms with E-state index >= 15 is 0 Å². The molecule has 1 aliphatic rings. The van der Waals surface area contributed by atoms with Gasteiger partial charge in [0.2, 0.25) is 0 Å². The van der Waals surface area contributed by atoms with Gasteiger partial charge in [0.25, 0.3) is 0 Å². The van der Waals surface area contributed by atoms with Gasteiger partial charge in [-0.2, -0.15) is 0 Å². The fourth-order valence-electron chi connectivity index (χ4n) is 3.30. The molecule has 0 spiro atoms. The van der Waals surface area contributed by atoms with Gasteiger partial charge in [0.1, 0.15) is 7.85 Å². The van der Waals surface area contributed by atoms with E-state index in [-0.39, 0.29) is 0 Å². The summed E-state index contributed by atoms with van der Waals surface area (Å²) in [5.41, 5.74) is 4.39. The zero-order chi connectivity index (χ0) is 18.8. The van der Waals surface area contributed by atoms with E-state index in [2.05, 4.69) is 93.8 Å². The molecule has 1 saturated heterocycles. The van der Waals surface area contributed by atoms with Crippen LogP contribution in [-0.2, 0) is 0 Å². The molecule has 3 aromatic carbocycles. The van der Waals surface area contributed by atoms with Crippen LogP contribution in [0.4, 0.5) is 17.1 Å². The minimum atomic E-state index is 0.788. The van der Waals surface area contributed by atoms with Crippen molar-refractivity contribution in [2.24, 2.45) is 0 Å². The molecule has 0 N–H and O–H groups in total. The number of hydrogen-bond donors (Lipinski definition) is 0. The lowest BCUT2D eigenvalue weighted by molar-refractivity contribution is 0.611. The summed E-state index contributed by atoms with van der Waals surface area (Å²) in [6, 6.07) is 25.4. The van der Waals surface area contributed by atoms with Gasteiger partial charge in [0.05, 0.1) is 20.0 Å². The van der Waals surface area contributed by atoms with E-state index in [0.717, 1.165) is 25.5 Å². The molecule has 3 nitrogen and oxygen atoms in total. The van der Waals surface area contributed by atoms with Gasteiger partial charge in [-0.05, 0) is 47.0 Å². The summed E-state index contributed by atoms with van der Waals surface area (Å²) < 4.78 is 0. The lowest BCUT2D eigenvalue weighted by Crippen LogP contribution is -2.55. The molecule has 2 unspecified atom stereocenters. The van der Waals surface area contributed by atoms with E-state index in [1.807, 2.05) is 12.1 Å². The van der Waals surface area contributed by atoms with Crippen molar-refractivity contribution in [2.75, 3.05) is 34.7 Å². The van der Waals surface area contributed by atoms with E-state index in [1.165, 1.54) is 27.7 Å². The molecule has 1 heterocycles. The molecule has 134 valence electrons. The summed E-state index contributed by atoms with van der Waals surface area (Å²) in [5.74, 6) is 0. The Hall–Kier alpha value is -2.02. The summed E-state index contributed by atoms with van der Waals surface area (Å²) >= 11 is 0. The van der Waals surface area contributed by atoms with Crippen molar-refractivity contribution in [3.05, 3.63) is 72.8 Å². The average Bonchev–Trinajstić information content (AvgIpc) is 2.69. The van der Waals surface area contributed by atoms with Crippen LogP contribution in [0.2, 0.25) is 0 Å². The topological polar surface area (TPSA) is 9.72 Å². The number of rotatable bonds is 3. The van der Waals surface area contributed by atoms with Gasteiger partial charge in [-0.15, -0.1) is 18.5 Å². The molecule has 2 radical (unpaired) electrons. The molecule has 0 bridgehead atoms. The van der Waals surface area contributed by atoms with E-state index in [0.29, 0.717) is 0 Å². The minimum Gasteiger partial charge on any atom is -0.336 e. The van der Waals surface area contributed by atoms with Crippen molar-refractivity contribution in [1.29, 1.82) is 0 Å². The Morgan fingerprint density at radius 3 is 1.15 bits per heavy atom. The molecule has 0 aromatic heterocycles. The van der Waals surface area contributed by atoms with Crippen LogP contribution in [0.25, 0.3) is 0 Å². The smallest absolute Gasteiger partial charge is 0.113 e. The highest BCUT2D eigenvalue weighted by atomic mass is 31.0. The maximum Gasteiger partial charge on any atom is 0.113 e. The molecule has 3 aromatic rings. The number of anilines is 3. The molecule has 0 amide bonds. The summed E-state index contributed by atoms with van der Waals surface area (Å²) in [4.78, 5) is 7.14. The third-order valence-corrected chi connectivity index (χ3v) is 5.57. The second kappa shape index (κ2) is 7.93. The number of hydrogen-bond acceptors (Lipinski definition) is 3. The summed E-state index contributed by atoms with van der Waals surface area (Å²) in [6.07, 6.45) is 0. The molecule has 1 fully saturated rings. The van der Waals surface area contributed by atoms with Crippen molar-refractivity contribution in [2.45, 2.75) is 0 Å². The first-order valence-corrected chi connectivity index (χ1v) is 10.1. The van der Waals surface area contributed by atoms with Crippen LogP contribution in [0.1, 0.15) is 0 Å². The molecular weight excluding hydrogens is 367 g/mol. The van der Waals surface area contributed by atoms with E-state index in [4.69, 9.17) is 7.85 Å². The Bertz CT molecular complexity index is 770. The first-order chi connectivity index (χ1) is 13.1. The lowest BCUT2D eigenvalue weighted by atomic mass is 9.96. The monoisotopic (exact) mass is 389 g/mol. The molecule has 2 atom stereocenters. The van der Waals surface area contributed by atoms with Gasteiger partial charge >= 0.3 is 0 Å². The second-order valence-electron chi connectivity index (χ2n) is 6.82. The highest BCUT2D eigenvalue weighted by molar-refractivity contribution is 7.27.